The highest BCUT2D eigenvalue weighted by Gasteiger charge is 2.44. The van der Waals surface area contributed by atoms with E-state index in [0.717, 1.165) is 6.16 Å². The van der Waals surface area contributed by atoms with E-state index >= 15 is 0 Å². The summed E-state index contributed by atoms with van der Waals surface area (Å²) in [6, 6.07) is 8.31. The van der Waals surface area contributed by atoms with E-state index in [1.165, 1.54) is 21.9 Å². The van der Waals surface area contributed by atoms with E-state index in [4.69, 9.17) is 0 Å². The Bertz CT molecular complexity index is 974. The van der Waals surface area contributed by atoms with Crippen molar-refractivity contribution < 1.29 is 0 Å². The zero-order chi connectivity index (χ0) is 22.2. The highest BCUT2D eigenvalue weighted by molar-refractivity contribution is 7.19. The molecule has 0 aliphatic heterocycles. The molecule has 0 N–H and O–H groups in total. The molecule has 3 rings (SSSR count). The standard InChI is InChI=1S/C23H32N4P2Si/c1-22(2,3)19-17(30(4,5)6)10-9-16(15-28)18(19)23(29,20-24-11-7-12-25-20)21-26-13-8-14-27-21/h7-14H,15,28-29H2,1-6H3. The first kappa shape index (κ1) is 23.1. The Labute approximate surface area is 186 Å². The van der Waals surface area contributed by atoms with Crippen LogP contribution < -0.4 is 5.19 Å². The van der Waals surface area contributed by atoms with Gasteiger partial charge in [0.2, 0.25) is 0 Å². The van der Waals surface area contributed by atoms with Crippen LogP contribution in [0.5, 0.6) is 0 Å². The van der Waals surface area contributed by atoms with E-state index in [0.29, 0.717) is 11.6 Å². The Morgan fingerprint density at radius 3 is 1.63 bits per heavy atom. The summed E-state index contributed by atoms with van der Waals surface area (Å²) in [7, 11) is 4.29. The van der Waals surface area contributed by atoms with Crippen LogP contribution in [0.2, 0.25) is 19.6 Å². The largest absolute Gasteiger partial charge is 0.240 e. The van der Waals surface area contributed by atoms with Gasteiger partial charge in [0, 0.05) is 24.8 Å². The van der Waals surface area contributed by atoms with Crippen LogP contribution in [0.3, 0.4) is 0 Å². The number of nitrogens with zero attached hydrogens (tertiary/aromatic N) is 4. The van der Waals surface area contributed by atoms with Crippen molar-refractivity contribution in [2.75, 3.05) is 0 Å². The lowest BCUT2D eigenvalue weighted by Gasteiger charge is -2.38. The molecule has 7 heteroatoms. The molecule has 158 valence electrons. The molecule has 30 heavy (non-hydrogen) atoms. The maximum absolute atomic E-state index is 4.69. The van der Waals surface area contributed by atoms with Crippen molar-refractivity contribution in [3.63, 3.8) is 0 Å². The van der Waals surface area contributed by atoms with Crippen LogP contribution >= 0.6 is 18.5 Å². The van der Waals surface area contributed by atoms with Gasteiger partial charge in [0.1, 0.15) is 16.8 Å². The fourth-order valence-electron chi connectivity index (χ4n) is 4.00. The second-order valence-corrected chi connectivity index (χ2v) is 16.0. The summed E-state index contributed by atoms with van der Waals surface area (Å²) in [4.78, 5) is 18.7. The molecule has 0 fully saturated rings. The number of aromatic nitrogens is 4. The fraction of sp³-hybridized carbons (Fsp3) is 0.391. The van der Waals surface area contributed by atoms with Gasteiger partial charge in [-0.25, -0.2) is 19.9 Å². The Hall–Kier alpha value is -1.54. The van der Waals surface area contributed by atoms with E-state index in [1.54, 1.807) is 24.8 Å². The van der Waals surface area contributed by atoms with Crippen LogP contribution in [0.4, 0.5) is 0 Å². The SMILES string of the molecule is CC(C)(C)c1c([Si](C)(C)C)ccc(CP)c1C(P)(c1ncccn1)c1ncccn1. The minimum Gasteiger partial charge on any atom is -0.240 e. The lowest BCUT2D eigenvalue weighted by atomic mass is 9.77. The summed E-state index contributed by atoms with van der Waals surface area (Å²) in [6.45, 7) is 14.1. The summed E-state index contributed by atoms with van der Waals surface area (Å²) in [5.74, 6) is 1.39. The molecule has 1 aromatic carbocycles. The number of hydrogen-bond donors (Lipinski definition) is 0. The van der Waals surface area contributed by atoms with E-state index in [-0.39, 0.29) is 5.41 Å². The quantitative estimate of drug-likeness (QED) is 0.416. The van der Waals surface area contributed by atoms with Crippen molar-refractivity contribution in [3.8, 4) is 0 Å². The predicted molar refractivity (Wildman–Crippen MR) is 135 cm³/mol. The summed E-state index contributed by atoms with van der Waals surface area (Å²) >= 11 is 0. The van der Waals surface area contributed by atoms with Gasteiger partial charge in [-0.05, 0) is 40.4 Å². The van der Waals surface area contributed by atoms with Crippen molar-refractivity contribution in [3.05, 3.63) is 77.4 Å². The van der Waals surface area contributed by atoms with Crippen molar-refractivity contribution in [2.45, 2.75) is 57.1 Å². The van der Waals surface area contributed by atoms with Crippen molar-refractivity contribution in [1.82, 2.24) is 19.9 Å². The van der Waals surface area contributed by atoms with E-state index in [9.17, 15) is 0 Å². The molecule has 0 amide bonds. The first-order chi connectivity index (χ1) is 14.0. The minimum atomic E-state index is -1.63. The molecule has 2 atom stereocenters. The third-order valence-electron chi connectivity index (χ3n) is 5.30. The van der Waals surface area contributed by atoms with Gasteiger partial charge in [-0.3, -0.25) is 0 Å². The maximum atomic E-state index is 4.69. The topological polar surface area (TPSA) is 51.6 Å². The molecule has 0 radical (unpaired) electrons. The molecule has 0 aliphatic carbocycles. The number of hydrogen-bond acceptors (Lipinski definition) is 4. The average molecular weight is 455 g/mol. The van der Waals surface area contributed by atoms with Gasteiger partial charge >= 0.3 is 0 Å². The molecule has 0 bridgehead atoms. The van der Waals surface area contributed by atoms with Gasteiger partial charge in [0.15, 0.2) is 0 Å². The first-order valence-corrected chi connectivity index (χ1v) is 15.1. The molecule has 2 aromatic heterocycles. The second kappa shape index (κ2) is 8.53. The van der Waals surface area contributed by atoms with Gasteiger partial charge in [0.05, 0.1) is 8.07 Å². The maximum Gasteiger partial charge on any atom is 0.150 e. The summed E-state index contributed by atoms with van der Waals surface area (Å²) in [5.41, 5.74) is 3.78. The van der Waals surface area contributed by atoms with Crippen molar-refractivity contribution in [1.29, 1.82) is 0 Å². The summed E-state index contributed by atoms with van der Waals surface area (Å²) in [6.07, 6.45) is 8.01. The molecular formula is C23H32N4P2Si. The third kappa shape index (κ3) is 4.26. The van der Waals surface area contributed by atoms with Gasteiger partial charge in [-0.15, -0.1) is 18.5 Å². The van der Waals surface area contributed by atoms with Crippen LogP contribution in [-0.2, 0) is 16.7 Å². The lowest BCUT2D eigenvalue weighted by Crippen LogP contribution is -2.46. The molecule has 0 saturated carbocycles. The zero-order valence-electron chi connectivity index (χ0n) is 18.8. The number of rotatable bonds is 5. The molecule has 0 spiro atoms. The first-order valence-electron chi connectivity index (χ1n) is 10.2. The smallest absolute Gasteiger partial charge is 0.150 e. The van der Waals surface area contributed by atoms with Gasteiger partial charge in [-0.1, -0.05) is 57.7 Å². The van der Waals surface area contributed by atoms with Gasteiger partial charge in [0.25, 0.3) is 0 Å². The summed E-state index contributed by atoms with van der Waals surface area (Å²) < 4.78 is 0. The normalized spacial score (nSPS) is 12.8. The van der Waals surface area contributed by atoms with Crippen LogP contribution in [0.1, 0.15) is 49.1 Å². The zero-order valence-corrected chi connectivity index (χ0v) is 22.1. The minimum absolute atomic E-state index is 0.0633. The van der Waals surface area contributed by atoms with E-state index in [2.05, 4.69) is 91.0 Å². The third-order valence-corrected chi connectivity index (χ3v) is 8.58. The van der Waals surface area contributed by atoms with E-state index in [1.807, 2.05) is 12.1 Å². The monoisotopic (exact) mass is 454 g/mol. The lowest BCUT2D eigenvalue weighted by molar-refractivity contribution is 0.574. The molecule has 0 saturated heterocycles. The highest BCUT2D eigenvalue weighted by Crippen LogP contribution is 2.47. The van der Waals surface area contributed by atoms with Crippen molar-refractivity contribution >= 4 is 31.7 Å². The molecule has 2 heterocycles. The van der Waals surface area contributed by atoms with E-state index < -0.39 is 13.2 Å². The molecular weight excluding hydrogens is 422 g/mol. The summed E-state index contributed by atoms with van der Waals surface area (Å²) in [5, 5.41) is 0.720. The van der Waals surface area contributed by atoms with Crippen LogP contribution in [0.15, 0.2) is 49.1 Å². The average Bonchev–Trinajstić information content (AvgIpc) is 2.72. The number of benzene rings is 1. The van der Waals surface area contributed by atoms with Crippen LogP contribution in [0.25, 0.3) is 0 Å². The van der Waals surface area contributed by atoms with Crippen molar-refractivity contribution in [2.24, 2.45) is 0 Å². The van der Waals surface area contributed by atoms with Crippen LogP contribution in [-0.4, -0.2) is 28.0 Å². The molecule has 3 aromatic rings. The van der Waals surface area contributed by atoms with Gasteiger partial charge in [-0.2, -0.15) is 0 Å². The Kier molecular flexibility index (Phi) is 6.58. The van der Waals surface area contributed by atoms with Crippen LogP contribution in [0, 0.1) is 0 Å². The Morgan fingerprint density at radius 1 is 0.800 bits per heavy atom. The molecule has 4 nitrogen and oxygen atoms in total. The highest BCUT2D eigenvalue weighted by atomic mass is 31.0. The Balaban J connectivity index is 2.54. The Morgan fingerprint density at radius 2 is 1.27 bits per heavy atom. The predicted octanol–water partition coefficient (Wildman–Crippen LogP) is 4.65. The molecule has 2 unspecified atom stereocenters. The second-order valence-electron chi connectivity index (χ2n) is 9.68. The molecule has 0 aliphatic rings. The fourth-order valence-corrected chi connectivity index (χ4v) is 6.80. The van der Waals surface area contributed by atoms with Gasteiger partial charge < -0.3 is 0 Å².